The summed E-state index contributed by atoms with van der Waals surface area (Å²) in [7, 11) is 0. The standard InChI is InChI=1S/C39H41ClN6O10/c40-25-12-11-21(30(49)33-31(50)32(51)39(56-33)45-16-15-24-34(41)42-19-43-35(24)45)17-27(25)55-18-22(47)9-5-3-1-2-4-7-20-8-6-10-23-29(20)38(54)46(37(23)53)26-13-14-28(48)44-36(26)52/h6,8,10-12,15-17,19,26,30-33,39,49-51H,1-5,7,9,13-14,18H2,(H2,41,42,43)(H,44,48,52)/t26?,30-,31+,32-,33-,39-/m1/s1. The number of ether oxygens (including phenoxy) is 2. The van der Waals surface area contributed by atoms with Crippen molar-refractivity contribution < 1.29 is 48.8 Å². The molecule has 4 aromatic rings. The van der Waals surface area contributed by atoms with Crippen molar-refractivity contribution in [3.8, 4) is 5.75 Å². The van der Waals surface area contributed by atoms with Crippen LogP contribution in [0.1, 0.15) is 95.5 Å². The summed E-state index contributed by atoms with van der Waals surface area (Å²) < 4.78 is 13.2. The number of benzene rings is 2. The Labute approximate surface area is 325 Å². The maximum Gasteiger partial charge on any atom is 0.262 e. The summed E-state index contributed by atoms with van der Waals surface area (Å²) >= 11 is 6.34. The first kappa shape index (κ1) is 39.0. The Morgan fingerprint density at radius 2 is 1.80 bits per heavy atom. The summed E-state index contributed by atoms with van der Waals surface area (Å²) in [5.41, 5.74) is 7.93. The summed E-state index contributed by atoms with van der Waals surface area (Å²) in [5.74, 6) is -1.84. The lowest BCUT2D eigenvalue weighted by Crippen LogP contribution is -2.54. The third-order valence-corrected chi connectivity index (χ3v) is 10.9. The highest BCUT2D eigenvalue weighted by Crippen LogP contribution is 2.39. The number of piperidine rings is 1. The molecule has 56 heavy (non-hydrogen) atoms. The van der Waals surface area contributed by atoms with Gasteiger partial charge in [-0.25, -0.2) is 9.97 Å². The highest BCUT2D eigenvalue weighted by Gasteiger charge is 2.48. The second-order valence-electron chi connectivity index (χ2n) is 14.2. The van der Waals surface area contributed by atoms with Crippen LogP contribution in [0.4, 0.5) is 5.82 Å². The van der Waals surface area contributed by atoms with Crippen molar-refractivity contribution in [2.24, 2.45) is 0 Å². The molecule has 3 aliphatic rings. The smallest absolute Gasteiger partial charge is 0.262 e. The van der Waals surface area contributed by atoms with Gasteiger partial charge >= 0.3 is 0 Å². The number of rotatable bonds is 15. The molecule has 0 bridgehead atoms. The molecule has 6 atom stereocenters. The van der Waals surface area contributed by atoms with Crippen molar-refractivity contribution >= 4 is 57.9 Å². The van der Waals surface area contributed by atoms with E-state index in [2.05, 4.69) is 15.3 Å². The van der Waals surface area contributed by atoms with Crippen LogP contribution in [0.15, 0.2) is 55.0 Å². The number of amides is 4. The molecule has 294 valence electrons. The highest BCUT2D eigenvalue weighted by atomic mass is 35.5. The van der Waals surface area contributed by atoms with Gasteiger partial charge in [0.2, 0.25) is 11.8 Å². The van der Waals surface area contributed by atoms with Gasteiger partial charge in [0.15, 0.2) is 12.0 Å². The molecule has 1 unspecified atom stereocenters. The molecule has 3 aliphatic heterocycles. The number of aliphatic hydroxyl groups is 3. The number of anilines is 1. The quantitative estimate of drug-likeness (QED) is 0.0862. The Hall–Kier alpha value is -5.26. The molecule has 0 spiro atoms. The van der Waals surface area contributed by atoms with Gasteiger partial charge in [-0.05, 0) is 61.1 Å². The van der Waals surface area contributed by atoms with Crippen LogP contribution in [-0.4, -0.2) is 95.1 Å². The van der Waals surface area contributed by atoms with Crippen molar-refractivity contribution in [2.75, 3.05) is 12.3 Å². The number of nitrogen functional groups attached to an aromatic ring is 1. The minimum Gasteiger partial charge on any atom is -0.484 e. The first-order valence-corrected chi connectivity index (χ1v) is 18.9. The van der Waals surface area contributed by atoms with E-state index in [0.717, 1.165) is 36.1 Å². The Morgan fingerprint density at radius 1 is 1.02 bits per heavy atom. The number of aliphatic hydroxyl groups excluding tert-OH is 3. The van der Waals surface area contributed by atoms with Crippen molar-refractivity contribution in [2.45, 2.75) is 94.5 Å². The fourth-order valence-corrected chi connectivity index (χ4v) is 7.74. The van der Waals surface area contributed by atoms with Crippen LogP contribution < -0.4 is 15.8 Å². The van der Waals surface area contributed by atoms with E-state index in [1.165, 1.54) is 29.1 Å². The number of ketones is 1. The molecule has 0 saturated carbocycles. The molecule has 2 aromatic carbocycles. The van der Waals surface area contributed by atoms with Gasteiger partial charge in [0.05, 0.1) is 21.5 Å². The van der Waals surface area contributed by atoms with E-state index in [-0.39, 0.29) is 53.8 Å². The van der Waals surface area contributed by atoms with Gasteiger partial charge in [0.25, 0.3) is 11.8 Å². The van der Waals surface area contributed by atoms with E-state index >= 15 is 0 Å². The van der Waals surface area contributed by atoms with Gasteiger partial charge in [-0.15, -0.1) is 0 Å². The molecule has 2 fully saturated rings. The molecule has 6 N–H and O–H groups in total. The average Bonchev–Trinajstić information content (AvgIpc) is 3.82. The maximum absolute atomic E-state index is 13.3. The molecule has 5 heterocycles. The topological polar surface area (TPSA) is 236 Å². The molecule has 17 heteroatoms. The van der Waals surface area contributed by atoms with Crippen molar-refractivity contribution in [1.29, 1.82) is 0 Å². The summed E-state index contributed by atoms with van der Waals surface area (Å²) in [6.07, 6.45) is 1.20. The van der Waals surface area contributed by atoms with Gasteiger partial charge in [-0.2, -0.15) is 0 Å². The number of fused-ring (bicyclic) bond motifs is 2. The summed E-state index contributed by atoms with van der Waals surface area (Å²) in [4.78, 5) is 72.2. The maximum atomic E-state index is 13.3. The number of nitrogens with zero attached hydrogens (tertiary/aromatic N) is 4. The zero-order chi connectivity index (χ0) is 39.7. The average molecular weight is 789 g/mol. The van der Waals surface area contributed by atoms with E-state index in [9.17, 15) is 39.3 Å². The summed E-state index contributed by atoms with van der Waals surface area (Å²) in [6.45, 7) is -0.240. The van der Waals surface area contributed by atoms with Crippen molar-refractivity contribution in [3.05, 3.63) is 82.3 Å². The summed E-state index contributed by atoms with van der Waals surface area (Å²) in [6, 6.07) is 10.3. The Kier molecular flexibility index (Phi) is 11.5. The minimum absolute atomic E-state index is 0.0579. The summed E-state index contributed by atoms with van der Waals surface area (Å²) in [5, 5.41) is 35.9. The van der Waals surface area contributed by atoms with E-state index in [1.807, 2.05) is 6.07 Å². The van der Waals surface area contributed by atoms with Crippen LogP contribution in [0.3, 0.4) is 0 Å². The molecule has 2 aromatic heterocycles. The number of carbonyl (C=O) groups is 5. The predicted molar refractivity (Wildman–Crippen MR) is 199 cm³/mol. The first-order valence-electron chi connectivity index (χ1n) is 18.5. The molecule has 2 saturated heterocycles. The fraction of sp³-hybridized carbons (Fsp3) is 0.410. The fourth-order valence-electron chi connectivity index (χ4n) is 7.57. The van der Waals surface area contributed by atoms with Gasteiger partial charge in [-0.3, -0.25) is 34.2 Å². The number of halogens is 1. The number of nitrogens with one attached hydrogen (secondary N) is 1. The second-order valence-corrected chi connectivity index (χ2v) is 14.6. The van der Waals surface area contributed by atoms with E-state index in [1.54, 1.807) is 24.4 Å². The third-order valence-electron chi connectivity index (χ3n) is 10.5. The van der Waals surface area contributed by atoms with Crippen LogP contribution in [0.5, 0.6) is 5.75 Å². The lowest BCUT2D eigenvalue weighted by Gasteiger charge is -2.27. The van der Waals surface area contributed by atoms with Gasteiger partial charge in [0, 0.05) is 19.0 Å². The van der Waals surface area contributed by atoms with Crippen LogP contribution in [0.2, 0.25) is 5.02 Å². The molecule has 7 rings (SSSR count). The number of Topliss-reactive ketones (excluding diaryl/α,β-unsaturated/α-hetero) is 1. The first-order chi connectivity index (χ1) is 26.9. The van der Waals surface area contributed by atoms with E-state index in [0.29, 0.717) is 35.0 Å². The van der Waals surface area contributed by atoms with Crippen LogP contribution in [0.25, 0.3) is 11.0 Å². The third kappa shape index (κ3) is 7.62. The molecular weight excluding hydrogens is 748 g/mol. The minimum atomic E-state index is -1.46. The van der Waals surface area contributed by atoms with Crippen LogP contribution in [-0.2, 0) is 25.5 Å². The zero-order valence-electron chi connectivity index (χ0n) is 30.2. The van der Waals surface area contributed by atoms with Crippen LogP contribution >= 0.6 is 11.6 Å². The number of aryl methyl sites for hydroxylation is 1. The van der Waals surface area contributed by atoms with Crippen molar-refractivity contribution in [3.63, 3.8) is 0 Å². The van der Waals surface area contributed by atoms with E-state index < -0.39 is 60.3 Å². The number of carbonyl (C=O) groups excluding carboxylic acids is 5. The molecule has 0 aliphatic carbocycles. The van der Waals surface area contributed by atoms with Gasteiger partial charge in [0.1, 0.15) is 60.6 Å². The van der Waals surface area contributed by atoms with Crippen molar-refractivity contribution in [1.82, 2.24) is 24.8 Å². The number of nitrogens with two attached hydrogens (primary N) is 1. The lowest BCUT2D eigenvalue weighted by molar-refractivity contribution is -0.136. The zero-order valence-corrected chi connectivity index (χ0v) is 30.9. The van der Waals surface area contributed by atoms with E-state index in [4.69, 9.17) is 26.8 Å². The second kappa shape index (κ2) is 16.5. The Morgan fingerprint density at radius 3 is 2.61 bits per heavy atom. The number of unbranched alkanes of at least 4 members (excludes halogenated alkanes) is 4. The monoisotopic (exact) mass is 788 g/mol. The Bertz CT molecular complexity index is 2190. The predicted octanol–water partition coefficient (Wildman–Crippen LogP) is 2.95. The molecule has 0 radical (unpaired) electrons. The molecule has 4 amide bonds. The number of aromatic nitrogens is 3. The van der Waals surface area contributed by atoms with Gasteiger partial charge in [-0.1, -0.05) is 49.1 Å². The van der Waals surface area contributed by atoms with Crippen LogP contribution in [0, 0.1) is 0 Å². The number of imide groups is 2. The highest BCUT2D eigenvalue weighted by molar-refractivity contribution is 6.32. The lowest BCUT2D eigenvalue weighted by atomic mass is 9.97. The van der Waals surface area contributed by atoms with Gasteiger partial charge < -0.3 is 35.1 Å². The Balaban J connectivity index is 0.850. The largest absolute Gasteiger partial charge is 0.484 e. The number of hydrogen-bond donors (Lipinski definition) is 5. The normalized spacial score (nSPS) is 22.8. The molecular formula is C39H41ClN6O10. The molecule has 16 nitrogen and oxygen atoms in total. The SMILES string of the molecule is Nc1ncnc2c1ccn2[C@@H]1O[C@H]([C@H](O)c2ccc(Cl)c(OCC(=O)CCCCCCCc3cccc4c3C(=O)N(C3CCC(=O)NC3=O)C4=O)c2)[C@@H](O)[C@H]1O. The number of hydrogen-bond acceptors (Lipinski definition) is 13.